The molecular formula is C25H21Cl2F3N4O2S. The summed E-state index contributed by atoms with van der Waals surface area (Å²) in [5.41, 5.74) is 1.35. The van der Waals surface area contributed by atoms with Crippen molar-refractivity contribution in [1.82, 2.24) is 14.5 Å². The molecular weight excluding hydrogens is 548 g/mol. The van der Waals surface area contributed by atoms with Gasteiger partial charge in [0.1, 0.15) is 11.6 Å². The minimum Gasteiger partial charge on any atom is -0.350 e. The number of benzene rings is 2. The molecule has 1 saturated heterocycles. The number of hydrogen-bond acceptors (Lipinski definition) is 5. The third-order valence-corrected chi connectivity index (χ3v) is 8.05. The van der Waals surface area contributed by atoms with E-state index in [1.807, 2.05) is 11.8 Å². The van der Waals surface area contributed by atoms with E-state index in [0.717, 1.165) is 11.0 Å². The molecule has 1 aromatic heterocycles. The van der Waals surface area contributed by atoms with Crippen LogP contribution >= 0.6 is 35.0 Å². The molecule has 0 N–H and O–H groups in total. The van der Waals surface area contributed by atoms with Crippen LogP contribution in [0.25, 0.3) is 22.0 Å². The molecule has 2 aromatic carbocycles. The molecule has 0 radical (unpaired) electrons. The van der Waals surface area contributed by atoms with Gasteiger partial charge in [-0.05, 0) is 42.8 Å². The van der Waals surface area contributed by atoms with Crippen LogP contribution in [-0.2, 0) is 11.3 Å². The van der Waals surface area contributed by atoms with Gasteiger partial charge < -0.3 is 9.80 Å². The number of rotatable bonds is 4. The second-order valence-electron chi connectivity index (χ2n) is 8.86. The van der Waals surface area contributed by atoms with E-state index < -0.39 is 23.8 Å². The van der Waals surface area contributed by atoms with Gasteiger partial charge in [0.15, 0.2) is 0 Å². The summed E-state index contributed by atoms with van der Waals surface area (Å²) in [5, 5.41) is 1.27. The van der Waals surface area contributed by atoms with Crippen LogP contribution in [0.5, 0.6) is 0 Å². The van der Waals surface area contributed by atoms with Gasteiger partial charge in [0.2, 0.25) is 5.91 Å². The number of amides is 1. The fraction of sp³-hybridized carbons (Fsp3) is 0.320. The zero-order valence-corrected chi connectivity index (χ0v) is 21.9. The molecule has 1 fully saturated rings. The molecule has 37 heavy (non-hydrogen) atoms. The highest BCUT2D eigenvalue weighted by atomic mass is 35.5. The van der Waals surface area contributed by atoms with Crippen molar-refractivity contribution in [3.05, 3.63) is 62.8 Å². The smallest absolute Gasteiger partial charge is 0.350 e. The van der Waals surface area contributed by atoms with Crippen LogP contribution in [0.1, 0.15) is 6.92 Å². The third kappa shape index (κ3) is 4.94. The van der Waals surface area contributed by atoms with Gasteiger partial charge in [0, 0.05) is 64.9 Å². The molecule has 0 aliphatic carbocycles. The van der Waals surface area contributed by atoms with E-state index in [-0.39, 0.29) is 24.2 Å². The number of carbonyl (C=O) groups excluding carboxylic acids is 1. The topological polar surface area (TPSA) is 58.4 Å². The van der Waals surface area contributed by atoms with E-state index in [4.69, 9.17) is 23.2 Å². The third-order valence-electron chi connectivity index (χ3n) is 6.46. The lowest BCUT2D eigenvalue weighted by atomic mass is 10.0. The van der Waals surface area contributed by atoms with E-state index in [1.54, 1.807) is 16.7 Å². The van der Waals surface area contributed by atoms with Crippen LogP contribution < -0.4 is 10.6 Å². The number of hydrogen-bond donors (Lipinski definition) is 0. The Morgan fingerprint density at radius 3 is 2.68 bits per heavy atom. The first-order valence-electron chi connectivity index (χ1n) is 11.5. The molecule has 3 aromatic rings. The molecule has 0 unspecified atom stereocenters. The summed E-state index contributed by atoms with van der Waals surface area (Å²) >= 11 is 14.4. The number of halogens is 5. The molecule has 5 rings (SSSR count). The van der Waals surface area contributed by atoms with Crippen LogP contribution in [0.2, 0.25) is 10.0 Å². The van der Waals surface area contributed by atoms with Crippen molar-refractivity contribution < 1.29 is 18.0 Å². The number of thioether (sulfide) groups is 1. The van der Waals surface area contributed by atoms with Crippen molar-refractivity contribution in [1.29, 1.82) is 0 Å². The minimum atomic E-state index is -2.70. The first-order chi connectivity index (χ1) is 17.6. The summed E-state index contributed by atoms with van der Waals surface area (Å²) in [5.74, 6) is 0.0649. The number of anilines is 1. The molecule has 1 atom stereocenters. The minimum absolute atomic E-state index is 0.233. The van der Waals surface area contributed by atoms with Crippen LogP contribution in [0.3, 0.4) is 0 Å². The van der Waals surface area contributed by atoms with Crippen molar-refractivity contribution in [3.63, 3.8) is 0 Å². The molecule has 0 bridgehead atoms. The Kier molecular flexibility index (Phi) is 7.17. The highest BCUT2D eigenvalue weighted by molar-refractivity contribution is 7.99. The fourth-order valence-electron chi connectivity index (χ4n) is 4.87. The van der Waals surface area contributed by atoms with E-state index in [9.17, 15) is 22.8 Å². The molecule has 0 spiro atoms. The van der Waals surface area contributed by atoms with Crippen LogP contribution in [0.15, 0.2) is 46.1 Å². The zero-order valence-electron chi connectivity index (χ0n) is 19.6. The van der Waals surface area contributed by atoms with Crippen LogP contribution in [0, 0.1) is 5.82 Å². The molecule has 0 saturated carbocycles. The van der Waals surface area contributed by atoms with E-state index in [1.165, 1.54) is 28.8 Å². The monoisotopic (exact) mass is 568 g/mol. The Bertz CT molecular complexity index is 1480. The number of alkyl halides is 2. The molecule has 3 heterocycles. The number of aryl methyl sites for hydroxylation is 1. The Labute approximate surface area is 224 Å². The van der Waals surface area contributed by atoms with E-state index in [0.29, 0.717) is 57.8 Å². The number of carbonyl (C=O) groups is 1. The van der Waals surface area contributed by atoms with Crippen molar-refractivity contribution in [2.24, 2.45) is 0 Å². The van der Waals surface area contributed by atoms with Gasteiger partial charge in [-0.2, -0.15) is 4.98 Å². The lowest BCUT2D eigenvalue weighted by Gasteiger charge is -2.41. The second kappa shape index (κ2) is 10.2. The quantitative estimate of drug-likeness (QED) is 0.390. The number of nitrogens with zero attached hydrogens (tertiary/aromatic N) is 4. The summed E-state index contributed by atoms with van der Waals surface area (Å²) in [6.45, 7) is 3.23. The number of aromatic nitrogens is 2. The molecule has 2 aliphatic heterocycles. The van der Waals surface area contributed by atoms with E-state index in [2.05, 4.69) is 4.98 Å². The second-order valence-corrected chi connectivity index (χ2v) is 10.8. The Morgan fingerprint density at radius 1 is 1.19 bits per heavy atom. The van der Waals surface area contributed by atoms with Gasteiger partial charge in [-0.3, -0.25) is 9.36 Å². The summed E-state index contributed by atoms with van der Waals surface area (Å²) in [6, 6.07) is 5.69. The first-order valence-corrected chi connectivity index (χ1v) is 13.3. The van der Waals surface area contributed by atoms with Gasteiger partial charge in [-0.15, -0.1) is 11.8 Å². The molecule has 1 amide bonds. The average molecular weight is 569 g/mol. The first kappa shape index (κ1) is 25.9. The van der Waals surface area contributed by atoms with Crippen molar-refractivity contribution in [2.45, 2.75) is 30.8 Å². The Balaban J connectivity index is 1.60. The van der Waals surface area contributed by atoms with Crippen LogP contribution in [-0.4, -0.2) is 58.2 Å². The Morgan fingerprint density at radius 2 is 1.97 bits per heavy atom. The summed E-state index contributed by atoms with van der Waals surface area (Å²) < 4.78 is 40.8. The molecule has 2 aliphatic rings. The summed E-state index contributed by atoms with van der Waals surface area (Å²) in [6.07, 6.45) is -1.25. The van der Waals surface area contributed by atoms with Crippen molar-refractivity contribution in [2.75, 3.05) is 30.3 Å². The molecule has 194 valence electrons. The van der Waals surface area contributed by atoms with Gasteiger partial charge in [-0.1, -0.05) is 23.2 Å². The van der Waals surface area contributed by atoms with Gasteiger partial charge in [0.25, 0.3) is 6.43 Å². The summed E-state index contributed by atoms with van der Waals surface area (Å²) in [4.78, 5) is 34.0. The highest BCUT2D eigenvalue weighted by Gasteiger charge is 2.31. The maximum atomic E-state index is 14.2. The highest BCUT2D eigenvalue weighted by Crippen LogP contribution is 2.46. The maximum Gasteiger partial charge on any atom is 0.350 e. The summed E-state index contributed by atoms with van der Waals surface area (Å²) in [7, 11) is 0. The molecule has 6 nitrogen and oxygen atoms in total. The predicted octanol–water partition coefficient (Wildman–Crippen LogP) is 5.47. The standard InChI is InChI=1S/C25H21Cl2F3N4O2S/c1-13-12-32(20(35)3-2-19(29)30)4-5-33(13)24-17-11-18(27)21(14-8-15(26)10-16(28)9-14)23-22(17)34(6-7-37-23)25(36)31-24/h2-3,8-11,13,19H,4-7,12H2,1H3/b3-2+/t13-/m0/s1. The average Bonchev–Trinajstić information content (AvgIpc) is 2.84. The SMILES string of the molecule is C[C@H]1CN(C(=O)/C=C/C(F)F)CCN1c1nc(=O)n2c3c(c(-c4cc(F)cc(Cl)c4)c(Cl)cc13)SCC2. The largest absolute Gasteiger partial charge is 0.350 e. The zero-order chi connectivity index (χ0) is 26.4. The Hall–Kier alpha value is -2.69. The van der Waals surface area contributed by atoms with Gasteiger partial charge >= 0.3 is 5.69 Å². The number of allylic oxidation sites excluding steroid dienone is 1. The number of piperazine rings is 1. The van der Waals surface area contributed by atoms with Crippen LogP contribution in [0.4, 0.5) is 19.0 Å². The lowest BCUT2D eigenvalue weighted by molar-refractivity contribution is -0.126. The predicted molar refractivity (Wildman–Crippen MR) is 141 cm³/mol. The fourth-order valence-corrected chi connectivity index (χ4v) is 6.67. The normalized spacial score (nSPS) is 17.9. The van der Waals surface area contributed by atoms with Crippen molar-refractivity contribution >= 4 is 57.6 Å². The maximum absolute atomic E-state index is 14.2. The van der Waals surface area contributed by atoms with Gasteiger partial charge in [0.05, 0.1) is 10.5 Å². The van der Waals surface area contributed by atoms with E-state index >= 15 is 0 Å². The molecule has 12 heteroatoms. The van der Waals surface area contributed by atoms with Crippen molar-refractivity contribution in [3.8, 4) is 11.1 Å². The lowest BCUT2D eigenvalue weighted by Crippen LogP contribution is -2.54. The van der Waals surface area contributed by atoms with Gasteiger partial charge in [-0.25, -0.2) is 18.0 Å².